The van der Waals surface area contributed by atoms with Gasteiger partial charge in [0.1, 0.15) is 11.4 Å². The van der Waals surface area contributed by atoms with Gasteiger partial charge in [0.25, 0.3) is 5.91 Å². The zero-order chi connectivity index (χ0) is 23.3. The molecule has 8 heteroatoms. The predicted octanol–water partition coefficient (Wildman–Crippen LogP) is 4.44. The first-order valence-corrected chi connectivity index (χ1v) is 10.7. The average Bonchev–Trinajstić information content (AvgIpc) is 3.56. The van der Waals surface area contributed by atoms with Crippen molar-refractivity contribution in [3.63, 3.8) is 0 Å². The number of benzene rings is 2. The number of nitrogens with zero attached hydrogens (tertiary/aromatic N) is 5. The summed E-state index contributed by atoms with van der Waals surface area (Å²) < 4.78 is 8.79. The van der Waals surface area contributed by atoms with Gasteiger partial charge in [0.05, 0.1) is 31.1 Å². The molecule has 0 saturated heterocycles. The maximum Gasteiger partial charge on any atom is 0.259 e. The van der Waals surface area contributed by atoms with Gasteiger partial charge < -0.3 is 10.1 Å². The Balaban J connectivity index is 1.45. The van der Waals surface area contributed by atoms with Crippen LogP contribution in [0.3, 0.4) is 0 Å². The summed E-state index contributed by atoms with van der Waals surface area (Å²) in [7, 11) is 1.61. The van der Waals surface area contributed by atoms with Crippen molar-refractivity contribution in [2.24, 2.45) is 0 Å². The highest BCUT2D eigenvalue weighted by atomic mass is 16.5. The second-order valence-corrected chi connectivity index (χ2v) is 7.62. The number of carbonyl (C=O) groups excluding carboxylic acids is 1. The van der Waals surface area contributed by atoms with Gasteiger partial charge in [0.2, 0.25) is 0 Å². The van der Waals surface area contributed by atoms with Crippen LogP contribution >= 0.6 is 0 Å². The highest BCUT2D eigenvalue weighted by Crippen LogP contribution is 2.27. The van der Waals surface area contributed by atoms with E-state index in [-0.39, 0.29) is 5.91 Å². The van der Waals surface area contributed by atoms with Crippen LogP contribution in [0, 0.1) is 0 Å². The largest absolute Gasteiger partial charge is 0.497 e. The summed E-state index contributed by atoms with van der Waals surface area (Å²) in [6, 6.07) is 22.9. The summed E-state index contributed by atoms with van der Waals surface area (Å²) in [6.07, 6.45) is 6.86. The molecule has 0 radical (unpaired) electrons. The fourth-order valence-corrected chi connectivity index (χ4v) is 3.62. The van der Waals surface area contributed by atoms with Crippen LogP contribution in [-0.4, -0.2) is 37.6 Å². The van der Waals surface area contributed by atoms with Crippen molar-refractivity contribution in [1.29, 1.82) is 0 Å². The summed E-state index contributed by atoms with van der Waals surface area (Å²) in [5, 5.41) is 11.8. The molecule has 1 N–H and O–H groups in total. The van der Waals surface area contributed by atoms with Crippen molar-refractivity contribution in [2.75, 3.05) is 12.4 Å². The molecule has 0 bridgehead atoms. The molecule has 5 rings (SSSR count). The number of hydrogen-bond donors (Lipinski definition) is 1. The normalized spacial score (nSPS) is 10.7. The van der Waals surface area contributed by atoms with E-state index < -0.39 is 0 Å². The average molecular weight is 451 g/mol. The molecule has 3 aromatic heterocycles. The van der Waals surface area contributed by atoms with E-state index >= 15 is 0 Å². The molecule has 5 aromatic rings. The Morgan fingerprint density at radius 1 is 1.03 bits per heavy atom. The van der Waals surface area contributed by atoms with E-state index in [0.717, 1.165) is 11.1 Å². The number of ether oxygens (including phenoxy) is 1. The Morgan fingerprint density at radius 2 is 1.91 bits per heavy atom. The van der Waals surface area contributed by atoms with E-state index in [2.05, 4.69) is 15.4 Å². The van der Waals surface area contributed by atoms with Crippen LogP contribution in [0.4, 0.5) is 5.69 Å². The number of anilines is 1. The zero-order valence-corrected chi connectivity index (χ0v) is 18.5. The first-order valence-electron chi connectivity index (χ1n) is 10.7. The van der Waals surface area contributed by atoms with Crippen LogP contribution < -0.4 is 10.1 Å². The first-order chi connectivity index (χ1) is 16.7. The second-order valence-electron chi connectivity index (χ2n) is 7.62. The molecule has 0 aliphatic rings. The third-order valence-electron chi connectivity index (χ3n) is 5.28. The van der Waals surface area contributed by atoms with Gasteiger partial charge in [0.15, 0.2) is 5.82 Å². The topological polar surface area (TPSA) is 86.9 Å². The molecule has 34 heavy (non-hydrogen) atoms. The molecule has 0 fully saturated rings. The summed E-state index contributed by atoms with van der Waals surface area (Å²) in [5.74, 6) is 1.08. The number of carbonyl (C=O) groups is 1. The number of methoxy groups -OCH3 is 1. The fraction of sp³-hybridized carbons (Fsp3) is 0.0769. The Hall–Kier alpha value is -4.72. The van der Waals surface area contributed by atoms with Gasteiger partial charge in [-0.05, 0) is 35.9 Å². The molecule has 0 atom stereocenters. The summed E-state index contributed by atoms with van der Waals surface area (Å²) in [5.41, 5.74) is 3.50. The quantitative estimate of drug-likeness (QED) is 0.396. The number of aromatic nitrogens is 5. The predicted molar refractivity (Wildman–Crippen MR) is 129 cm³/mol. The van der Waals surface area contributed by atoms with Crippen molar-refractivity contribution in [3.8, 4) is 22.8 Å². The minimum atomic E-state index is -0.272. The maximum atomic E-state index is 13.3. The molecule has 0 unspecified atom stereocenters. The van der Waals surface area contributed by atoms with Gasteiger partial charge in [-0.2, -0.15) is 10.2 Å². The zero-order valence-electron chi connectivity index (χ0n) is 18.5. The van der Waals surface area contributed by atoms with E-state index in [4.69, 9.17) is 9.84 Å². The van der Waals surface area contributed by atoms with Crippen LogP contribution in [0.1, 0.15) is 15.9 Å². The van der Waals surface area contributed by atoms with Gasteiger partial charge in [-0.3, -0.25) is 9.48 Å². The van der Waals surface area contributed by atoms with E-state index in [1.807, 2.05) is 66.9 Å². The van der Waals surface area contributed by atoms with Crippen LogP contribution in [0.15, 0.2) is 97.6 Å². The monoisotopic (exact) mass is 450 g/mol. The second kappa shape index (κ2) is 9.41. The maximum absolute atomic E-state index is 13.3. The number of nitrogens with one attached hydrogen (secondary N) is 1. The van der Waals surface area contributed by atoms with Gasteiger partial charge >= 0.3 is 0 Å². The molecule has 3 heterocycles. The highest BCUT2D eigenvalue weighted by Gasteiger charge is 2.19. The summed E-state index contributed by atoms with van der Waals surface area (Å²) in [6.45, 7) is 0.547. The van der Waals surface area contributed by atoms with E-state index in [1.165, 1.54) is 0 Å². The fourth-order valence-electron chi connectivity index (χ4n) is 3.62. The van der Waals surface area contributed by atoms with Crippen molar-refractivity contribution in [3.05, 3.63) is 109 Å². The van der Waals surface area contributed by atoms with Gasteiger partial charge in [-0.1, -0.05) is 42.5 Å². The number of hydrogen-bond acceptors (Lipinski definition) is 5. The lowest BCUT2D eigenvalue weighted by Crippen LogP contribution is -2.13. The molecule has 0 aliphatic heterocycles. The molecule has 1 amide bonds. The summed E-state index contributed by atoms with van der Waals surface area (Å²) in [4.78, 5) is 17.7. The van der Waals surface area contributed by atoms with Crippen molar-refractivity contribution >= 4 is 11.6 Å². The number of amides is 1. The van der Waals surface area contributed by atoms with Crippen molar-refractivity contribution in [1.82, 2.24) is 24.5 Å². The SMILES string of the molecule is COc1cccc(-c2nn(Cc3ccccc3)cc2C(=O)Nc2ccc(-n3cccn3)nc2)c1. The van der Waals surface area contributed by atoms with E-state index in [9.17, 15) is 4.79 Å². The molecular formula is C26H22N6O2. The van der Waals surface area contributed by atoms with Gasteiger partial charge in [-0.15, -0.1) is 0 Å². The lowest BCUT2D eigenvalue weighted by molar-refractivity contribution is 0.102. The minimum Gasteiger partial charge on any atom is -0.497 e. The lowest BCUT2D eigenvalue weighted by atomic mass is 10.1. The molecule has 2 aromatic carbocycles. The number of rotatable bonds is 7. The van der Waals surface area contributed by atoms with Crippen molar-refractivity contribution in [2.45, 2.75) is 6.54 Å². The summed E-state index contributed by atoms with van der Waals surface area (Å²) >= 11 is 0. The van der Waals surface area contributed by atoms with Gasteiger partial charge in [0, 0.05) is 24.2 Å². The standard InChI is InChI=1S/C26H22N6O2/c1-34-22-10-5-9-20(15-22)25-23(18-31(30-25)17-19-7-3-2-4-8-19)26(33)29-21-11-12-24(27-16-21)32-14-6-13-28-32/h2-16,18H,17H2,1H3,(H,29,33). The van der Waals surface area contributed by atoms with Crippen LogP contribution in [-0.2, 0) is 6.54 Å². The third-order valence-corrected chi connectivity index (χ3v) is 5.28. The van der Waals surface area contributed by atoms with Crippen LogP contribution in [0.25, 0.3) is 17.1 Å². The third kappa shape index (κ3) is 4.56. The van der Waals surface area contributed by atoms with Crippen molar-refractivity contribution < 1.29 is 9.53 Å². The molecule has 0 saturated carbocycles. The smallest absolute Gasteiger partial charge is 0.259 e. The highest BCUT2D eigenvalue weighted by molar-refractivity contribution is 6.08. The molecule has 168 valence electrons. The minimum absolute atomic E-state index is 0.272. The van der Waals surface area contributed by atoms with Crippen LogP contribution in [0.5, 0.6) is 5.75 Å². The Bertz CT molecular complexity index is 1390. The lowest BCUT2D eigenvalue weighted by Gasteiger charge is -2.07. The molecule has 0 aliphatic carbocycles. The Morgan fingerprint density at radius 3 is 2.65 bits per heavy atom. The van der Waals surface area contributed by atoms with E-state index in [1.54, 1.807) is 47.2 Å². The Kier molecular flexibility index (Phi) is 5.85. The van der Waals surface area contributed by atoms with E-state index in [0.29, 0.717) is 35.1 Å². The molecular weight excluding hydrogens is 428 g/mol. The Labute approximate surface area is 196 Å². The first kappa shape index (κ1) is 21.1. The van der Waals surface area contributed by atoms with Gasteiger partial charge in [-0.25, -0.2) is 9.67 Å². The van der Waals surface area contributed by atoms with Crippen LogP contribution in [0.2, 0.25) is 0 Å². The number of pyridine rings is 1. The molecule has 8 nitrogen and oxygen atoms in total. The molecule has 0 spiro atoms.